The number of carbonyl (C=O) groups excluding carboxylic acids is 2. The number of nitrogens with one attached hydrogen (secondary N) is 2. The SMILES string of the molecule is CC(=O)N[C@@H]1[C@@H](O)[C@H](O[C@@H]2O[C@H](CO)[C@H](O)[C@H](O[C@H]3O[C@H](CO)[C@H](O[C@@H]4O[C@H](CO)[C@H](O)[C@H](O)[C@H]4O)[C@H](O)[C@H]3NC(C)=O)[C@H]2O[C@@H]2O[C@@H](C)[C@@H](O)[C@@H](O)[C@@H]2O)[C@@H](CO)O[C@H]1O. The van der Waals surface area contributed by atoms with Crippen molar-refractivity contribution in [2.75, 3.05) is 26.4 Å². The molecule has 0 unspecified atom stereocenters. The molecule has 27 heteroatoms. The van der Waals surface area contributed by atoms with Gasteiger partial charge in [0, 0.05) is 13.8 Å². The minimum Gasteiger partial charge on any atom is -0.394 e. The van der Waals surface area contributed by atoms with Gasteiger partial charge >= 0.3 is 0 Å². The summed E-state index contributed by atoms with van der Waals surface area (Å²) < 4.78 is 52.2. The molecule has 5 saturated heterocycles. The van der Waals surface area contributed by atoms with Crippen LogP contribution in [0.1, 0.15) is 20.8 Å². The van der Waals surface area contributed by atoms with Crippen LogP contribution in [0.3, 0.4) is 0 Å². The number of amides is 2. The van der Waals surface area contributed by atoms with Crippen LogP contribution in [0.25, 0.3) is 0 Å². The summed E-state index contributed by atoms with van der Waals surface area (Å²) >= 11 is 0. The summed E-state index contributed by atoms with van der Waals surface area (Å²) in [4.78, 5) is 24.5. The van der Waals surface area contributed by atoms with Crippen LogP contribution < -0.4 is 10.6 Å². The number of hydrogen-bond acceptors (Lipinski definition) is 25. The Balaban J connectivity index is 1.51. The third-order valence-electron chi connectivity index (χ3n) is 11.1. The molecule has 5 aliphatic rings. The van der Waals surface area contributed by atoms with Gasteiger partial charge in [0.15, 0.2) is 31.5 Å². The molecule has 354 valence electrons. The van der Waals surface area contributed by atoms with Crippen molar-refractivity contribution in [3.05, 3.63) is 0 Å². The molecule has 0 aromatic heterocycles. The van der Waals surface area contributed by atoms with Crippen molar-refractivity contribution in [3.63, 3.8) is 0 Å². The number of aliphatic hydroxyl groups excluding tert-OH is 14. The highest BCUT2D eigenvalue weighted by atomic mass is 16.8. The second-order valence-electron chi connectivity index (χ2n) is 15.4. The van der Waals surface area contributed by atoms with Gasteiger partial charge in [0.1, 0.15) is 116 Å². The van der Waals surface area contributed by atoms with Crippen LogP contribution in [0.2, 0.25) is 0 Å². The summed E-state index contributed by atoms with van der Waals surface area (Å²) in [6, 6.07) is -3.30. The zero-order chi connectivity index (χ0) is 45.2. The van der Waals surface area contributed by atoms with Crippen molar-refractivity contribution < 1.29 is 124 Å². The molecule has 5 fully saturated rings. The van der Waals surface area contributed by atoms with Crippen molar-refractivity contribution in [1.29, 1.82) is 0 Å². The van der Waals surface area contributed by atoms with E-state index in [1.165, 1.54) is 6.92 Å². The molecule has 5 rings (SSSR count). The Morgan fingerprint density at radius 2 is 0.836 bits per heavy atom. The lowest BCUT2D eigenvalue weighted by molar-refractivity contribution is -0.401. The van der Waals surface area contributed by atoms with Gasteiger partial charge in [-0.2, -0.15) is 0 Å². The van der Waals surface area contributed by atoms with Crippen molar-refractivity contribution in [3.8, 4) is 0 Å². The Morgan fingerprint density at radius 3 is 1.39 bits per heavy atom. The molecular weight excluding hydrogens is 836 g/mol. The van der Waals surface area contributed by atoms with Gasteiger partial charge in [0.05, 0.1) is 32.5 Å². The fraction of sp³-hybridized carbons (Fsp3) is 0.941. The highest BCUT2D eigenvalue weighted by Crippen LogP contribution is 2.37. The molecule has 0 aromatic rings. The molecule has 5 heterocycles. The molecular formula is C34H58N2O25. The predicted molar refractivity (Wildman–Crippen MR) is 188 cm³/mol. The first-order valence-electron chi connectivity index (χ1n) is 19.5. The van der Waals surface area contributed by atoms with Crippen LogP contribution in [-0.2, 0) is 52.2 Å². The first-order chi connectivity index (χ1) is 28.8. The van der Waals surface area contributed by atoms with Gasteiger partial charge in [-0.1, -0.05) is 0 Å². The Bertz CT molecular complexity index is 1420. The van der Waals surface area contributed by atoms with E-state index in [9.17, 15) is 81.1 Å². The highest BCUT2D eigenvalue weighted by molar-refractivity contribution is 5.73. The molecule has 0 bridgehead atoms. The number of hydrogen-bond donors (Lipinski definition) is 16. The van der Waals surface area contributed by atoms with Gasteiger partial charge in [0.2, 0.25) is 11.8 Å². The summed E-state index contributed by atoms with van der Waals surface area (Å²) in [6.45, 7) is -0.323. The Labute approximate surface area is 346 Å². The zero-order valence-corrected chi connectivity index (χ0v) is 33.0. The fourth-order valence-electron chi connectivity index (χ4n) is 7.76. The molecule has 0 aromatic carbocycles. The maximum absolute atomic E-state index is 12.5. The monoisotopic (exact) mass is 894 g/mol. The number of carbonyl (C=O) groups is 2. The molecule has 16 N–H and O–H groups in total. The van der Waals surface area contributed by atoms with E-state index in [-0.39, 0.29) is 0 Å². The second-order valence-corrected chi connectivity index (χ2v) is 15.4. The Hall–Kier alpha value is -1.98. The van der Waals surface area contributed by atoms with E-state index in [0.717, 1.165) is 13.8 Å². The lowest BCUT2D eigenvalue weighted by atomic mass is 9.94. The van der Waals surface area contributed by atoms with Crippen LogP contribution in [0.5, 0.6) is 0 Å². The Morgan fingerprint density at radius 1 is 0.426 bits per heavy atom. The summed E-state index contributed by atoms with van der Waals surface area (Å²) in [5.74, 6) is -1.54. The smallest absolute Gasteiger partial charge is 0.217 e. The number of rotatable bonds is 14. The maximum Gasteiger partial charge on any atom is 0.217 e. The van der Waals surface area contributed by atoms with Gasteiger partial charge in [-0.05, 0) is 6.92 Å². The first-order valence-corrected chi connectivity index (χ1v) is 19.5. The normalized spacial score (nSPS) is 49.6. The van der Waals surface area contributed by atoms with Gasteiger partial charge in [-0.3, -0.25) is 9.59 Å². The largest absolute Gasteiger partial charge is 0.394 e. The number of ether oxygens (including phenoxy) is 9. The van der Waals surface area contributed by atoms with E-state index in [0.29, 0.717) is 0 Å². The molecule has 25 atom stereocenters. The van der Waals surface area contributed by atoms with Crippen molar-refractivity contribution in [1.82, 2.24) is 10.6 Å². The van der Waals surface area contributed by atoms with E-state index in [4.69, 9.17) is 42.6 Å². The predicted octanol–water partition coefficient (Wildman–Crippen LogP) is -10.6. The second kappa shape index (κ2) is 21.3. The third kappa shape index (κ3) is 10.8. The molecule has 2 amide bonds. The first kappa shape index (κ1) is 50.0. The van der Waals surface area contributed by atoms with Crippen LogP contribution in [0.4, 0.5) is 0 Å². The molecule has 27 nitrogen and oxygen atoms in total. The quantitative estimate of drug-likeness (QED) is 0.0770. The standard InChI is InChI=1S/C34H58N2O25/c1-8-17(43)22(48)24(50)32(53-8)61-29-28(19(45)12(5-38)56-34(29)59-26-13(6-39)54-30(52)15(20(26)46)35-9(2)41)60-31-16(36-10(3)42)21(47)27(14(7-40)57-31)58-33-25(51)23(49)18(44)11(4-37)55-33/h8,11-34,37-40,43-52H,4-7H2,1-3H3,(H,35,41)(H,36,42)/t8-,11+,12+,13+,14+,15+,16+,17+,18-,19-,20+,21+,22+,23-,24-,25+,26+,27-,28-,29+,30+,31+,32-,33-,34-/m0/s1. The Kier molecular flexibility index (Phi) is 17.5. The fourth-order valence-corrected chi connectivity index (χ4v) is 7.76. The molecule has 5 aliphatic heterocycles. The summed E-state index contributed by atoms with van der Waals surface area (Å²) in [6.07, 6.45) is -41.7. The van der Waals surface area contributed by atoms with Crippen LogP contribution in [0.15, 0.2) is 0 Å². The maximum atomic E-state index is 12.5. The highest BCUT2D eigenvalue weighted by Gasteiger charge is 2.58. The minimum atomic E-state index is -2.02. The molecule has 0 saturated carbocycles. The molecule has 0 aliphatic carbocycles. The third-order valence-corrected chi connectivity index (χ3v) is 11.1. The average Bonchev–Trinajstić information content (AvgIpc) is 3.22. The van der Waals surface area contributed by atoms with E-state index >= 15 is 0 Å². The lowest BCUT2D eigenvalue weighted by Crippen LogP contribution is -2.71. The van der Waals surface area contributed by atoms with Crippen molar-refractivity contribution >= 4 is 11.8 Å². The lowest BCUT2D eigenvalue weighted by Gasteiger charge is -2.51. The van der Waals surface area contributed by atoms with E-state index < -0.39 is 192 Å². The van der Waals surface area contributed by atoms with Gasteiger partial charge in [0.25, 0.3) is 0 Å². The summed E-state index contributed by atoms with van der Waals surface area (Å²) in [5.41, 5.74) is 0. The minimum absolute atomic E-state index is 0.719. The van der Waals surface area contributed by atoms with E-state index in [1.807, 2.05) is 0 Å². The summed E-state index contributed by atoms with van der Waals surface area (Å²) in [5, 5.41) is 153. The van der Waals surface area contributed by atoms with Crippen LogP contribution in [0, 0.1) is 0 Å². The van der Waals surface area contributed by atoms with E-state index in [2.05, 4.69) is 10.6 Å². The zero-order valence-electron chi connectivity index (χ0n) is 33.0. The van der Waals surface area contributed by atoms with Gasteiger partial charge in [-0.15, -0.1) is 0 Å². The average molecular weight is 895 g/mol. The number of aliphatic hydroxyl groups is 14. The van der Waals surface area contributed by atoms with Gasteiger partial charge < -0.3 is 125 Å². The van der Waals surface area contributed by atoms with E-state index in [1.54, 1.807) is 0 Å². The van der Waals surface area contributed by atoms with Crippen molar-refractivity contribution in [2.45, 2.75) is 174 Å². The molecule has 61 heavy (non-hydrogen) atoms. The van der Waals surface area contributed by atoms with Crippen molar-refractivity contribution in [2.24, 2.45) is 0 Å². The van der Waals surface area contributed by atoms with Crippen LogP contribution in [-0.4, -0.2) is 263 Å². The van der Waals surface area contributed by atoms with Gasteiger partial charge in [-0.25, -0.2) is 0 Å². The van der Waals surface area contributed by atoms with Crippen LogP contribution >= 0.6 is 0 Å². The molecule has 0 spiro atoms. The molecule has 0 radical (unpaired) electrons. The topological polar surface area (TPSA) is 424 Å². The summed E-state index contributed by atoms with van der Waals surface area (Å²) in [7, 11) is 0.